The Morgan fingerprint density at radius 3 is 2.20 bits per heavy atom. The van der Waals surface area contributed by atoms with Crippen LogP contribution in [-0.2, 0) is 0 Å². The lowest BCUT2D eigenvalue weighted by atomic mass is 10.2. The highest BCUT2D eigenvalue weighted by Gasteiger charge is 2.00. The van der Waals surface area contributed by atoms with Crippen LogP contribution in [-0.4, -0.2) is 13.2 Å². The Morgan fingerprint density at radius 2 is 1.55 bits per heavy atom. The molecule has 0 fully saturated rings. The van der Waals surface area contributed by atoms with Gasteiger partial charge in [-0.3, -0.25) is 0 Å². The standard InChI is InChI=1S/C16H18FNO2/c1-12-3-6-15(11-16(12)17)20-10-2-9-19-14-7-4-13(18)5-8-14/h3-8,11H,2,9-10,18H2,1H3. The second-order valence-corrected chi connectivity index (χ2v) is 4.53. The van der Waals surface area contributed by atoms with E-state index in [1.165, 1.54) is 6.07 Å². The number of nitrogens with two attached hydrogens (primary N) is 1. The van der Waals surface area contributed by atoms with E-state index in [-0.39, 0.29) is 5.82 Å². The monoisotopic (exact) mass is 275 g/mol. The maximum atomic E-state index is 13.3. The van der Waals surface area contributed by atoms with Gasteiger partial charge in [-0.1, -0.05) is 6.07 Å². The molecule has 0 aromatic heterocycles. The second kappa shape index (κ2) is 6.80. The molecule has 2 N–H and O–H groups in total. The molecule has 2 aromatic rings. The molecule has 0 unspecified atom stereocenters. The summed E-state index contributed by atoms with van der Waals surface area (Å²) in [5.74, 6) is 1.07. The summed E-state index contributed by atoms with van der Waals surface area (Å²) < 4.78 is 24.3. The maximum Gasteiger partial charge on any atom is 0.129 e. The zero-order valence-corrected chi connectivity index (χ0v) is 11.4. The molecule has 0 amide bonds. The quantitative estimate of drug-likeness (QED) is 0.647. The molecule has 0 heterocycles. The van der Waals surface area contributed by atoms with Gasteiger partial charge in [0.25, 0.3) is 0 Å². The lowest BCUT2D eigenvalue weighted by Crippen LogP contribution is -2.05. The van der Waals surface area contributed by atoms with Gasteiger partial charge in [-0.15, -0.1) is 0 Å². The Bertz CT molecular complexity index is 555. The summed E-state index contributed by atoms with van der Waals surface area (Å²) in [6.45, 7) is 2.75. The van der Waals surface area contributed by atoms with Gasteiger partial charge >= 0.3 is 0 Å². The number of rotatable bonds is 6. The number of nitrogen functional groups attached to an aromatic ring is 1. The largest absolute Gasteiger partial charge is 0.493 e. The van der Waals surface area contributed by atoms with Crippen molar-refractivity contribution in [1.82, 2.24) is 0 Å². The van der Waals surface area contributed by atoms with E-state index in [2.05, 4.69) is 0 Å². The minimum Gasteiger partial charge on any atom is -0.493 e. The number of anilines is 1. The lowest BCUT2D eigenvalue weighted by molar-refractivity contribution is 0.247. The number of ether oxygens (including phenoxy) is 2. The number of aryl methyl sites for hydroxylation is 1. The highest BCUT2D eigenvalue weighted by atomic mass is 19.1. The van der Waals surface area contributed by atoms with E-state index in [1.54, 1.807) is 31.2 Å². The summed E-state index contributed by atoms with van der Waals surface area (Å²) in [6, 6.07) is 12.1. The molecule has 0 spiro atoms. The molecular weight excluding hydrogens is 257 g/mol. The normalized spacial score (nSPS) is 10.3. The van der Waals surface area contributed by atoms with Crippen molar-refractivity contribution >= 4 is 5.69 Å². The molecular formula is C16H18FNO2. The number of halogens is 1. The molecule has 106 valence electrons. The fourth-order valence-electron chi connectivity index (χ4n) is 1.67. The third kappa shape index (κ3) is 4.16. The first-order valence-electron chi connectivity index (χ1n) is 6.52. The smallest absolute Gasteiger partial charge is 0.129 e. The van der Waals surface area contributed by atoms with Crippen LogP contribution in [0.5, 0.6) is 11.5 Å². The first-order valence-corrected chi connectivity index (χ1v) is 6.52. The Kier molecular flexibility index (Phi) is 4.82. The summed E-state index contributed by atoms with van der Waals surface area (Å²) in [7, 11) is 0. The minimum atomic E-state index is -0.249. The molecule has 2 rings (SSSR count). The Labute approximate surface area is 118 Å². The fraction of sp³-hybridized carbons (Fsp3) is 0.250. The Hall–Kier alpha value is -2.23. The van der Waals surface area contributed by atoms with Crippen LogP contribution < -0.4 is 15.2 Å². The van der Waals surface area contributed by atoms with E-state index >= 15 is 0 Å². The Balaban J connectivity index is 1.68. The van der Waals surface area contributed by atoms with Gasteiger partial charge in [-0.05, 0) is 42.8 Å². The number of benzene rings is 2. The SMILES string of the molecule is Cc1ccc(OCCCOc2ccc(N)cc2)cc1F. The van der Waals surface area contributed by atoms with Crippen LogP contribution in [0.2, 0.25) is 0 Å². The van der Waals surface area contributed by atoms with Crippen molar-refractivity contribution in [1.29, 1.82) is 0 Å². The molecule has 20 heavy (non-hydrogen) atoms. The molecule has 0 aliphatic carbocycles. The van der Waals surface area contributed by atoms with Gasteiger partial charge in [0.2, 0.25) is 0 Å². The van der Waals surface area contributed by atoms with Crippen LogP contribution in [0, 0.1) is 12.7 Å². The molecule has 0 radical (unpaired) electrons. The zero-order valence-electron chi connectivity index (χ0n) is 11.4. The van der Waals surface area contributed by atoms with Gasteiger partial charge in [-0.25, -0.2) is 4.39 Å². The summed E-state index contributed by atoms with van der Waals surface area (Å²) in [5.41, 5.74) is 6.91. The zero-order chi connectivity index (χ0) is 14.4. The van der Waals surface area contributed by atoms with Crippen molar-refractivity contribution in [3.05, 3.63) is 53.8 Å². The van der Waals surface area contributed by atoms with Gasteiger partial charge in [-0.2, -0.15) is 0 Å². The van der Waals surface area contributed by atoms with Gasteiger partial charge in [0.15, 0.2) is 0 Å². The fourth-order valence-corrected chi connectivity index (χ4v) is 1.67. The van der Waals surface area contributed by atoms with Crippen LogP contribution >= 0.6 is 0 Å². The molecule has 0 saturated heterocycles. The summed E-state index contributed by atoms with van der Waals surface area (Å²) in [5, 5.41) is 0. The van der Waals surface area contributed by atoms with Crippen molar-refractivity contribution in [2.45, 2.75) is 13.3 Å². The summed E-state index contributed by atoms with van der Waals surface area (Å²) >= 11 is 0. The van der Waals surface area contributed by atoms with Crippen LogP contribution in [0.25, 0.3) is 0 Å². The summed E-state index contributed by atoms with van der Waals surface area (Å²) in [6.07, 6.45) is 0.722. The van der Waals surface area contributed by atoms with Crippen molar-refractivity contribution in [3.8, 4) is 11.5 Å². The number of hydrogen-bond donors (Lipinski definition) is 1. The van der Waals surface area contributed by atoms with E-state index in [4.69, 9.17) is 15.2 Å². The van der Waals surface area contributed by atoms with Gasteiger partial charge in [0.05, 0.1) is 13.2 Å². The van der Waals surface area contributed by atoms with Gasteiger partial charge in [0, 0.05) is 18.2 Å². The highest BCUT2D eigenvalue weighted by molar-refractivity contribution is 5.41. The molecule has 0 saturated carbocycles. The van der Waals surface area contributed by atoms with Crippen LogP contribution in [0.3, 0.4) is 0 Å². The van der Waals surface area contributed by atoms with Crippen LogP contribution in [0.15, 0.2) is 42.5 Å². The van der Waals surface area contributed by atoms with E-state index < -0.39 is 0 Å². The first kappa shape index (κ1) is 14.2. The van der Waals surface area contributed by atoms with Crippen LogP contribution in [0.1, 0.15) is 12.0 Å². The van der Waals surface area contributed by atoms with E-state index in [1.807, 2.05) is 12.1 Å². The average Bonchev–Trinajstić information content (AvgIpc) is 2.44. The van der Waals surface area contributed by atoms with Gasteiger partial charge < -0.3 is 15.2 Å². The molecule has 0 bridgehead atoms. The van der Waals surface area contributed by atoms with E-state index in [0.29, 0.717) is 30.2 Å². The third-order valence-electron chi connectivity index (χ3n) is 2.85. The first-order chi connectivity index (χ1) is 9.65. The Morgan fingerprint density at radius 1 is 0.950 bits per heavy atom. The molecule has 0 aliphatic heterocycles. The van der Waals surface area contributed by atoms with Crippen molar-refractivity contribution < 1.29 is 13.9 Å². The van der Waals surface area contributed by atoms with E-state index in [0.717, 1.165) is 12.2 Å². The lowest BCUT2D eigenvalue weighted by Gasteiger charge is -2.08. The second-order valence-electron chi connectivity index (χ2n) is 4.53. The minimum absolute atomic E-state index is 0.249. The molecule has 0 aliphatic rings. The van der Waals surface area contributed by atoms with Gasteiger partial charge in [0.1, 0.15) is 17.3 Å². The number of hydrogen-bond acceptors (Lipinski definition) is 3. The van der Waals surface area contributed by atoms with Crippen LogP contribution in [0.4, 0.5) is 10.1 Å². The topological polar surface area (TPSA) is 44.5 Å². The third-order valence-corrected chi connectivity index (χ3v) is 2.85. The highest BCUT2D eigenvalue weighted by Crippen LogP contribution is 2.16. The average molecular weight is 275 g/mol. The maximum absolute atomic E-state index is 13.3. The van der Waals surface area contributed by atoms with Crippen molar-refractivity contribution in [2.24, 2.45) is 0 Å². The molecule has 3 nitrogen and oxygen atoms in total. The molecule has 4 heteroatoms. The molecule has 0 atom stereocenters. The summed E-state index contributed by atoms with van der Waals surface area (Å²) in [4.78, 5) is 0. The van der Waals surface area contributed by atoms with Crippen molar-refractivity contribution in [3.63, 3.8) is 0 Å². The predicted octanol–water partition coefficient (Wildman–Crippen LogP) is 3.56. The van der Waals surface area contributed by atoms with Crippen molar-refractivity contribution in [2.75, 3.05) is 18.9 Å². The molecule has 2 aromatic carbocycles. The predicted molar refractivity (Wildman–Crippen MR) is 77.6 cm³/mol. The van der Waals surface area contributed by atoms with E-state index in [9.17, 15) is 4.39 Å².